The summed E-state index contributed by atoms with van der Waals surface area (Å²) in [5.41, 5.74) is 0. The molecule has 0 unspecified atom stereocenters. The number of halogens is 2. The molecule has 1 aromatic heterocycles. The first-order chi connectivity index (χ1) is 8.25. The maximum absolute atomic E-state index is 6.01. The maximum Gasteiger partial charge on any atom is 0.107 e. The van der Waals surface area contributed by atoms with Crippen molar-refractivity contribution in [2.45, 2.75) is 51.0 Å². The molecule has 1 aliphatic carbocycles. The van der Waals surface area contributed by atoms with Crippen molar-refractivity contribution in [1.82, 2.24) is 5.32 Å². The molecule has 4 heteroatoms. The molecule has 0 spiro atoms. The molecule has 2 rings (SSSR count). The van der Waals surface area contributed by atoms with Crippen LogP contribution in [-0.4, -0.2) is 12.6 Å². The predicted octanol–water partition coefficient (Wildman–Crippen LogP) is 5.02. The van der Waals surface area contributed by atoms with E-state index in [9.17, 15) is 0 Å². The smallest absolute Gasteiger partial charge is 0.107 e. The summed E-state index contributed by atoms with van der Waals surface area (Å²) in [4.78, 5) is 1.40. The molecule has 1 nitrogen and oxygen atoms in total. The Bertz CT molecular complexity index is 330. The van der Waals surface area contributed by atoms with Crippen LogP contribution in [0.1, 0.15) is 43.4 Å². The average Bonchev–Trinajstić information content (AvgIpc) is 3.06. The molecule has 0 bridgehead atoms. The second-order valence-corrected chi connectivity index (χ2v) is 7.32. The Morgan fingerprint density at radius 3 is 2.71 bits per heavy atom. The SMILES string of the molecule is Clc1sc(CCCCCCNC2CC2)cc1Br. The summed E-state index contributed by atoms with van der Waals surface area (Å²) in [6, 6.07) is 3.02. The van der Waals surface area contributed by atoms with E-state index in [1.165, 1.54) is 56.4 Å². The summed E-state index contributed by atoms with van der Waals surface area (Å²) in [5.74, 6) is 0. The Kier molecular flexibility index (Phi) is 5.81. The second kappa shape index (κ2) is 7.13. The van der Waals surface area contributed by atoms with Crippen molar-refractivity contribution in [3.63, 3.8) is 0 Å². The van der Waals surface area contributed by atoms with Gasteiger partial charge in [-0.25, -0.2) is 0 Å². The summed E-state index contributed by atoms with van der Waals surface area (Å²) in [5, 5.41) is 3.55. The highest BCUT2D eigenvalue weighted by Crippen LogP contribution is 2.32. The molecule has 0 radical (unpaired) electrons. The quantitative estimate of drug-likeness (QED) is 0.657. The van der Waals surface area contributed by atoms with E-state index in [0.717, 1.165) is 14.9 Å². The molecule has 96 valence electrons. The van der Waals surface area contributed by atoms with E-state index < -0.39 is 0 Å². The molecule has 1 N–H and O–H groups in total. The summed E-state index contributed by atoms with van der Waals surface area (Å²) in [6.45, 7) is 1.21. The van der Waals surface area contributed by atoms with Gasteiger partial charge >= 0.3 is 0 Å². The van der Waals surface area contributed by atoms with E-state index in [-0.39, 0.29) is 0 Å². The van der Waals surface area contributed by atoms with E-state index in [1.807, 2.05) is 0 Å². The van der Waals surface area contributed by atoms with Crippen LogP contribution in [0, 0.1) is 0 Å². The van der Waals surface area contributed by atoms with E-state index in [0.29, 0.717) is 0 Å². The number of hydrogen-bond donors (Lipinski definition) is 1. The number of unbranched alkanes of at least 4 members (excludes halogenated alkanes) is 3. The fourth-order valence-electron chi connectivity index (χ4n) is 1.89. The van der Waals surface area contributed by atoms with Crippen LogP contribution in [0.3, 0.4) is 0 Å². The van der Waals surface area contributed by atoms with Crippen LogP contribution < -0.4 is 5.32 Å². The third kappa shape index (κ3) is 5.29. The van der Waals surface area contributed by atoms with Gasteiger partial charge in [-0.15, -0.1) is 11.3 Å². The van der Waals surface area contributed by atoms with Gasteiger partial charge in [0.1, 0.15) is 4.34 Å². The lowest BCUT2D eigenvalue weighted by molar-refractivity contribution is 0.586. The van der Waals surface area contributed by atoms with Crippen molar-refractivity contribution >= 4 is 38.9 Å². The average molecular weight is 337 g/mol. The van der Waals surface area contributed by atoms with E-state index in [2.05, 4.69) is 27.3 Å². The van der Waals surface area contributed by atoms with Gasteiger partial charge < -0.3 is 5.32 Å². The Labute approximate surface area is 121 Å². The number of aryl methyl sites for hydroxylation is 1. The predicted molar refractivity (Wildman–Crippen MR) is 80.2 cm³/mol. The number of thiophene rings is 1. The Balaban J connectivity index is 1.47. The zero-order valence-corrected chi connectivity index (χ0v) is 13.1. The fourth-order valence-corrected chi connectivity index (χ4v) is 3.72. The van der Waals surface area contributed by atoms with Crippen molar-refractivity contribution < 1.29 is 0 Å². The normalized spacial score (nSPS) is 15.4. The van der Waals surface area contributed by atoms with Crippen LogP contribution in [0.25, 0.3) is 0 Å². The first-order valence-corrected chi connectivity index (χ1v) is 8.41. The monoisotopic (exact) mass is 335 g/mol. The zero-order valence-electron chi connectivity index (χ0n) is 9.98. The lowest BCUT2D eigenvalue weighted by Gasteiger charge is -2.02. The number of hydrogen-bond acceptors (Lipinski definition) is 2. The van der Waals surface area contributed by atoms with Crippen molar-refractivity contribution in [1.29, 1.82) is 0 Å². The molecule has 17 heavy (non-hydrogen) atoms. The van der Waals surface area contributed by atoms with Crippen molar-refractivity contribution in [3.8, 4) is 0 Å². The van der Waals surface area contributed by atoms with E-state index >= 15 is 0 Å². The van der Waals surface area contributed by atoms with Gasteiger partial charge in [-0.2, -0.15) is 0 Å². The molecule has 0 atom stereocenters. The highest BCUT2D eigenvalue weighted by atomic mass is 79.9. The Hall–Kier alpha value is 0.430. The third-order valence-corrected chi connectivity index (χ3v) is 5.59. The Morgan fingerprint density at radius 1 is 1.29 bits per heavy atom. The summed E-state index contributed by atoms with van der Waals surface area (Å²) in [6.07, 6.45) is 9.26. The van der Waals surface area contributed by atoms with Crippen LogP contribution in [-0.2, 0) is 6.42 Å². The van der Waals surface area contributed by atoms with Gasteiger partial charge in [-0.1, -0.05) is 24.4 Å². The number of nitrogens with one attached hydrogen (secondary N) is 1. The molecule has 1 fully saturated rings. The van der Waals surface area contributed by atoms with Crippen LogP contribution >= 0.6 is 38.9 Å². The van der Waals surface area contributed by atoms with Crippen molar-refractivity contribution in [2.75, 3.05) is 6.54 Å². The molecule has 0 saturated heterocycles. The molecule has 0 aromatic carbocycles. The van der Waals surface area contributed by atoms with Gasteiger partial charge in [0, 0.05) is 15.4 Å². The summed E-state index contributed by atoms with van der Waals surface area (Å²) >= 11 is 11.2. The minimum atomic E-state index is 0.862. The van der Waals surface area contributed by atoms with E-state index in [4.69, 9.17) is 11.6 Å². The molecule has 1 aliphatic rings. The van der Waals surface area contributed by atoms with E-state index in [1.54, 1.807) is 11.3 Å². The summed E-state index contributed by atoms with van der Waals surface area (Å²) < 4.78 is 1.93. The second-order valence-electron chi connectivity index (χ2n) is 4.73. The highest BCUT2D eigenvalue weighted by molar-refractivity contribution is 9.10. The first kappa shape index (κ1) is 13.9. The molecular weight excluding hydrogens is 318 g/mol. The van der Waals surface area contributed by atoms with Crippen LogP contribution in [0.15, 0.2) is 10.5 Å². The minimum Gasteiger partial charge on any atom is -0.314 e. The molecule has 0 aliphatic heterocycles. The standard InChI is InChI=1S/C13H19BrClNS/c14-12-9-11(17-13(12)15)5-3-1-2-4-8-16-10-6-7-10/h9-10,16H,1-8H2. The highest BCUT2D eigenvalue weighted by Gasteiger charge is 2.19. The molecular formula is C13H19BrClNS. The lowest BCUT2D eigenvalue weighted by Crippen LogP contribution is -2.17. The molecule has 1 aromatic rings. The number of rotatable bonds is 8. The Morgan fingerprint density at radius 2 is 2.06 bits per heavy atom. The topological polar surface area (TPSA) is 12.0 Å². The maximum atomic E-state index is 6.01. The lowest BCUT2D eigenvalue weighted by atomic mass is 10.1. The largest absolute Gasteiger partial charge is 0.314 e. The van der Waals surface area contributed by atoms with Crippen LogP contribution in [0.4, 0.5) is 0 Å². The van der Waals surface area contributed by atoms with Gasteiger partial charge in [0.2, 0.25) is 0 Å². The fraction of sp³-hybridized carbons (Fsp3) is 0.692. The molecule has 0 amide bonds. The third-order valence-electron chi connectivity index (χ3n) is 3.06. The van der Waals surface area contributed by atoms with Crippen LogP contribution in [0.2, 0.25) is 4.34 Å². The molecule has 1 heterocycles. The van der Waals surface area contributed by atoms with Gasteiger partial charge in [0.05, 0.1) is 0 Å². The summed E-state index contributed by atoms with van der Waals surface area (Å²) in [7, 11) is 0. The first-order valence-electron chi connectivity index (χ1n) is 6.43. The van der Waals surface area contributed by atoms with Crippen LogP contribution in [0.5, 0.6) is 0 Å². The zero-order chi connectivity index (χ0) is 12.1. The van der Waals surface area contributed by atoms with Gasteiger partial charge in [-0.05, 0) is 60.6 Å². The van der Waals surface area contributed by atoms with Gasteiger partial charge in [0.25, 0.3) is 0 Å². The van der Waals surface area contributed by atoms with Gasteiger partial charge in [0.15, 0.2) is 0 Å². The van der Waals surface area contributed by atoms with Crippen molar-refractivity contribution in [2.24, 2.45) is 0 Å². The van der Waals surface area contributed by atoms with Gasteiger partial charge in [-0.3, -0.25) is 0 Å². The van der Waals surface area contributed by atoms with Crippen molar-refractivity contribution in [3.05, 3.63) is 19.8 Å². The minimum absolute atomic E-state index is 0.862. The molecule has 1 saturated carbocycles.